The molecule has 4 rings (SSSR count). The number of nitrogens with zero attached hydrogens (tertiary/aromatic N) is 1. The van der Waals surface area contributed by atoms with Gasteiger partial charge in [-0.05, 0) is 50.3 Å². The van der Waals surface area contributed by atoms with E-state index in [0.29, 0.717) is 12.7 Å². The van der Waals surface area contributed by atoms with E-state index in [1.165, 1.54) is 5.56 Å². The van der Waals surface area contributed by atoms with Crippen LogP contribution in [-0.4, -0.2) is 49.0 Å². The van der Waals surface area contributed by atoms with E-state index < -0.39 is 5.72 Å². The maximum Gasteiger partial charge on any atom is 0.227 e. The van der Waals surface area contributed by atoms with Crippen molar-refractivity contribution < 1.29 is 19.0 Å². The Bertz CT molecular complexity index is 878. The van der Waals surface area contributed by atoms with E-state index in [0.717, 1.165) is 43.6 Å². The molecule has 0 N–H and O–H groups in total. The predicted molar refractivity (Wildman–Crippen MR) is 120 cm³/mol. The predicted octanol–water partition coefficient (Wildman–Crippen LogP) is 4.24. The molecular weight excluding hydrogens is 390 g/mol. The molecule has 0 saturated carbocycles. The second kappa shape index (κ2) is 9.41. The summed E-state index contributed by atoms with van der Waals surface area (Å²) in [6.07, 6.45) is 3.48. The van der Waals surface area contributed by atoms with Crippen molar-refractivity contribution in [2.75, 3.05) is 20.3 Å². The first-order valence-corrected chi connectivity index (χ1v) is 11.2. The standard InChI is InChI=1S/C26H33NO4/c1-26(2,31-23-16-20-11-7-8-12-24(20)30-18-23)27(3)25(28)21(13-14-22-17-29-22)15-19-9-5-4-6-10-19/h4-12,21-23H,13-18H2,1-3H3/t21-,22-,23-/m0/s1. The number of benzene rings is 2. The van der Waals surface area contributed by atoms with Crippen molar-refractivity contribution in [1.29, 1.82) is 0 Å². The van der Waals surface area contributed by atoms with Gasteiger partial charge in [0, 0.05) is 19.4 Å². The van der Waals surface area contributed by atoms with Gasteiger partial charge in [0.1, 0.15) is 18.1 Å². The van der Waals surface area contributed by atoms with E-state index in [2.05, 4.69) is 18.2 Å². The van der Waals surface area contributed by atoms with E-state index in [4.69, 9.17) is 14.2 Å². The zero-order valence-electron chi connectivity index (χ0n) is 18.8. The van der Waals surface area contributed by atoms with Crippen molar-refractivity contribution in [3.63, 3.8) is 0 Å². The largest absolute Gasteiger partial charge is 0.491 e. The molecule has 0 bridgehead atoms. The van der Waals surface area contributed by atoms with Crippen LogP contribution in [0.4, 0.5) is 0 Å². The van der Waals surface area contributed by atoms with Crippen LogP contribution in [0.15, 0.2) is 54.6 Å². The van der Waals surface area contributed by atoms with Crippen LogP contribution >= 0.6 is 0 Å². The molecule has 166 valence electrons. The summed E-state index contributed by atoms with van der Waals surface area (Å²) < 4.78 is 17.7. The quantitative estimate of drug-likeness (QED) is 0.447. The zero-order chi connectivity index (χ0) is 21.8. The lowest BCUT2D eigenvalue weighted by atomic mass is 9.92. The average molecular weight is 424 g/mol. The monoisotopic (exact) mass is 423 g/mol. The first-order chi connectivity index (χ1) is 14.9. The van der Waals surface area contributed by atoms with Gasteiger partial charge in [-0.1, -0.05) is 48.5 Å². The molecular formula is C26H33NO4. The molecule has 0 aliphatic carbocycles. The minimum absolute atomic E-state index is 0.0902. The maximum atomic E-state index is 13.5. The summed E-state index contributed by atoms with van der Waals surface area (Å²) in [7, 11) is 1.85. The summed E-state index contributed by atoms with van der Waals surface area (Å²) in [4.78, 5) is 15.3. The van der Waals surface area contributed by atoms with Crippen LogP contribution in [0, 0.1) is 5.92 Å². The summed E-state index contributed by atoms with van der Waals surface area (Å²) in [5.74, 6) is 0.948. The number of para-hydroxylation sites is 1. The fourth-order valence-corrected chi connectivity index (χ4v) is 4.24. The minimum Gasteiger partial charge on any atom is -0.491 e. The van der Waals surface area contributed by atoms with Crippen LogP contribution in [0.3, 0.4) is 0 Å². The van der Waals surface area contributed by atoms with E-state index in [-0.39, 0.29) is 17.9 Å². The fourth-order valence-electron chi connectivity index (χ4n) is 4.24. The number of carbonyl (C=O) groups is 1. The van der Waals surface area contributed by atoms with Gasteiger partial charge >= 0.3 is 0 Å². The number of hydrogen-bond donors (Lipinski definition) is 0. The van der Waals surface area contributed by atoms with Crippen molar-refractivity contribution >= 4 is 5.91 Å². The molecule has 0 aromatic heterocycles. The smallest absolute Gasteiger partial charge is 0.227 e. The van der Waals surface area contributed by atoms with Gasteiger partial charge in [0.05, 0.1) is 18.8 Å². The second-order valence-electron chi connectivity index (χ2n) is 9.13. The summed E-state index contributed by atoms with van der Waals surface area (Å²) in [5, 5.41) is 0. The number of carbonyl (C=O) groups excluding carboxylic acids is 1. The number of ether oxygens (including phenoxy) is 3. The summed E-state index contributed by atoms with van der Waals surface area (Å²) in [5.41, 5.74) is 1.60. The molecule has 1 saturated heterocycles. The molecule has 1 amide bonds. The molecule has 3 atom stereocenters. The Kier molecular flexibility index (Phi) is 6.63. The van der Waals surface area contributed by atoms with Crippen molar-refractivity contribution in [2.24, 2.45) is 5.92 Å². The average Bonchev–Trinajstić information content (AvgIpc) is 3.60. The SMILES string of the molecule is CN(C(=O)[C@@H](CC[C@H]1CO1)Cc1ccccc1)C(C)(C)O[C@@H]1COc2ccccc2C1. The van der Waals surface area contributed by atoms with Crippen molar-refractivity contribution in [3.05, 3.63) is 65.7 Å². The summed E-state index contributed by atoms with van der Waals surface area (Å²) in [6, 6.07) is 18.3. The van der Waals surface area contributed by atoms with Gasteiger partial charge in [-0.3, -0.25) is 4.79 Å². The topological polar surface area (TPSA) is 51.3 Å². The van der Waals surface area contributed by atoms with Crippen LogP contribution in [0.2, 0.25) is 0 Å². The zero-order valence-corrected chi connectivity index (χ0v) is 18.8. The third-order valence-corrected chi connectivity index (χ3v) is 6.35. The van der Waals surface area contributed by atoms with Crippen molar-refractivity contribution in [2.45, 2.75) is 57.5 Å². The van der Waals surface area contributed by atoms with E-state index >= 15 is 0 Å². The van der Waals surface area contributed by atoms with Gasteiger partial charge in [0.15, 0.2) is 0 Å². The molecule has 2 aliphatic heterocycles. The molecule has 2 aromatic rings. The lowest BCUT2D eigenvalue weighted by Crippen LogP contribution is -2.52. The fraction of sp³-hybridized carbons (Fsp3) is 0.500. The third kappa shape index (κ3) is 5.66. The van der Waals surface area contributed by atoms with E-state index in [1.807, 2.05) is 57.3 Å². The van der Waals surface area contributed by atoms with Crippen LogP contribution in [0.1, 0.15) is 37.8 Å². The summed E-state index contributed by atoms with van der Waals surface area (Å²) in [6.45, 7) is 5.25. The van der Waals surface area contributed by atoms with Crippen LogP contribution in [0.5, 0.6) is 5.75 Å². The Labute approximate surface area is 185 Å². The highest BCUT2D eigenvalue weighted by molar-refractivity contribution is 5.79. The molecule has 0 radical (unpaired) electrons. The number of epoxide rings is 1. The molecule has 5 nitrogen and oxygen atoms in total. The Morgan fingerprint density at radius 1 is 1.13 bits per heavy atom. The Morgan fingerprint density at radius 2 is 1.84 bits per heavy atom. The van der Waals surface area contributed by atoms with Gasteiger partial charge in [-0.15, -0.1) is 0 Å². The molecule has 1 fully saturated rings. The van der Waals surface area contributed by atoms with Gasteiger partial charge in [-0.25, -0.2) is 0 Å². The normalized spacial score (nSPS) is 21.0. The molecule has 0 unspecified atom stereocenters. The van der Waals surface area contributed by atoms with Gasteiger partial charge < -0.3 is 19.1 Å². The van der Waals surface area contributed by atoms with Gasteiger partial charge in [0.25, 0.3) is 0 Å². The number of amides is 1. The van der Waals surface area contributed by atoms with Gasteiger partial charge in [0.2, 0.25) is 5.91 Å². The second-order valence-corrected chi connectivity index (χ2v) is 9.13. The first-order valence-electron chi connectivity index (χ1n) is 11.2. The Balaban J connectivity index is 1.41. The van der Waals surface area contributed by atoms with Crippen LogP contribution in [0.25, 0.3) is 0 Å². The number of fused-ring (bicyclic) bond motifs is 1. The van der Waals surface area contributed by atoms with Gasteiger partial charge in [-0.2, -0.15) is 0 Å². The van der Waals surface area contributed by atoms with E-state index in [1.54, 1.807) is 4.90 Å². The molecule has 2 aliphatic rings. The lowest BCUT2D eigenvalue weighted by Gasteiger charge is -2.41. The molecule has 5 heteroatoms. The van der Waals surface area contributed by atoms with Crippen molar-refractivity contribution in [3.8, 4) is 5.75 Å². The minimum atomic E-state index is -0.734. The van der Waals surface area contributed by atoms with E-state index in [9.17, 15) is 4.79 Å². The van der Waals surface area contributed by atoms with Crippen molar-refractivity contribution in [1.82, 2.24) is 4.90 Å². The summed E-state index contributed by atoms with van der Waals surface area (Å²) >= 11 is 0. The molecule has 31 heavy (non-hydrogen) atoms. The lowest BCUT2D eigenvalue weighted by molar-refractivity contribution is -0.183. The highest BCUT2D eigenvalue weighted by Gasteiger charge is 2.36. The molecule has 0 spiro atoms. The number of hydrogen-bond acceptors (Lipinski definition) is 4. The maximum absolute atomic E-state index is 13.5. The first kappa shape index (κ1) is 21.8. The molecule has 2 heterocycles. The van der Waals surface area contributed by atoms with Crippen LogP contribution < -0.4 is 4.74 Å². The Morgan fingerprint density at radius 3 is 2.58 bits per heavy atom. The Hall–Kier alpha value is -2.37. The molecule has 2 aromatic carbocycles. The highest BCUT2D eigenvalue weighted by Crippen LogP contribution is 2.30. The van der Waals surface area contributed by atoms with Crippen LogP contribution in [-0.2, 0) is 27.1 Å². The number of rotatable bonds is 9. The third-order valence-electron chi connectivity index (χ3n) is 6.35. The highest BCUT2D eigenvalue weighted by atomic mass is 16.6.